The van der Waals surface area contributed by atoms with E-state index in [9.17, 15) is 13.2 Å². The van der Waals surface area contributed by atoms with Crippen LogP contribution in [0.5, 0.6) is 5.88 Å². The molecule has 2 N–H and O–H groups in total. The first-order valence-corrected chi connectivity index (χ1v) is 2.95. The van der Waals surface area contributed by atoms with Crippen molar-refractivity contribution < 1.29 is 17.9 Å². The number of anilines is 1. The molecule has 1 heterocycles. The second-order valence-electron chi connectivity index (χ2n) is 1.98. The zero-order valence-electron chi connectivity index (χ0n) is 6.21. The van der Waals surface area contributed by atoms with Crippen molar-refractivity contribution in [2.24, 2.45) is 0 Å². The molecule has 0 radical (unpaired) electrons. The van der Waals surface area contributed by atoms with Crippen molar-refractivity contribution in [3.63, 3.8) is 0 Å². The molecule has 0 aliphatic rings. The van der Waals surface area contributed by atoms with E-state index in [-0.39, 0.29) is 18.1 Å². The fraction of sp³-hybridized carbons (Fsp3) is 0.167. The van der Waals surface area contributed by atoms with E-state index in [1.807, 2.05) is 0 Å². The standard InChI is InChI=1S/C6H5F3N2O.ClH/c7-6(8,9)12-5-3-4(10)1-2-11-5;/h1-3H,(H2,10,11);1H. The lowest BCUT2D eigenvalue weighted by atomic mass is 10.4. The highest BCUT2D eigenvalue weighted by atomic mass is 35.5. The van der Waals surface area contributed by atoms with Gasteiger partial charge in [-0.2, -0.15) is 0 Å². The zero-order chi connectivity index (χ0) is 9.19. The number of halogens is 4. The monoisotopic (exact) mass is 214 g/mol. The average molecular weight is 215 g/mol. The number of ether oxygens (including phenoxy) is 1. The minimum Gasteiger partial charge on any atom is -0.399 e. The van der Waals surface area contributed by atoms with Gasteiger partial charge >= 0.3 is 6.36 Å². The van der Waals surface area contributed by atoms with E-state index < -0.39 is 12.2 Å². The van der Waals surface area contributed by atoms with Crippen LogP contribution in [-0.2, 0) is 0 Å². The molecular weight excluding hydrogens is 209 g/mol. The van der Waals surface area contributed by atoms with Gasteiger partial charge in [-0.3, -0.25) is 0 Å². The van der Waals surface area contributed by atoms with Crippen molar-refractivity contribution in [1.29, 1.82) is 0 Å². The number of nitrogens with two attached hydrogens (primary N) is 1. The van der Waals surface area contributed by atoms with E-state index in [0.29, 0.717) is 0 Å². The molecular formula is C6H6ClF3N2O. The minimum atomic E-state index is -4.72. The first kappa shape index (κ1) is 11.8. The summed E-state index contributed by atoms with van der Waals surface area (Å²) in [5.74, 6) is -0.553. The predicted molar refractivity (Wildman–Crippen MR) is 42.6 cm³/mol. The molecule has 0 spiro atoms. The van der Waals surface area contributed by atoms with E-state index >= 15 is 0 Å². The number of alkyl halides is 3. The van der Waals surface area contributed by atoms with E-state index in [1.54, 1.807) is 0 Å². The topological polar surface area (TPSA) is 48.1 Å². The van der Waals surface area contributed by atoms with E-state index in [0.717, 1.165) is 12.3 Å². The van der Waals surface area contributed by atoms with Crippen LogP contribution in [0.15, 0.2) is 18.3 Å². The molecule has 0 fully saturated rings. The molecule has 13 heavy (non-hydrogen) atoms. The Kier molecular flexibility index (Phi) is 3.80. The lowest BCUT2D eigenvalue weighted by Gasteiger charge is -2.07. The van der Waals surface area contributed by atoms with Gasteiger partial charge in [0.1, 0.15) is 0 Å². The molecule has 0 amide bonds. The molecule has 0 aliphatic heterocycles. The van der Waals surface area contributed by atoms with Crippen molar-refractivity contribution in [1.82, 2.24) is 4.98 Å². The maximum absolute atomic E-state index is 11.6. The van der Waals surface area contributed by atoms with Gasteiger partial charge in [-0.05, 0) is 6.07 Å². The molecule has 0 atom stereocenters. The first-order valence-electron chi connectivity index (χ1n) is 2.95. The largest absolute Gasteiger partial charge is 0.574 e. The van der Waals surface area contributed by atoms with Gasteiger partial charge < -0.3 is 10.5 Å². The summed E-state index contributed by atoms with van der Waals surface area (Å²) in [4.78, 5) is 3.30. The van der Waals surface area contributed by atoms with Crippen LogP contribution in [0.3, 0.4) is 0 Å². The molecule has 74 valence electrons. The van der Waals surface area contributed by atoms with Gasteiger partial charge in [0.2, 0.25) is 5.88 Å². The van der Waals surface area contributed by atoms with Gasteiger partial charge in [-0.25, -0.2) is 4.98 Å². The van der Waals surface area contributed by atoms with Gasteiger partial charge in [0.25, 0.3) is 0 Å². The molecule has 3 nitrogen and oxygen atoms in total. The number of rotatable bonds is 1. The van der Waals surface area contributed by atoms with Crippen molar-refractivity contribution >= 4 is 18.1 Å². The highest BCUT2D eigenvalue weighted by molar-refractivity contribution is 5.85. The molecule has 0 bridgehead atoms. The minimum absolute atomic E-state index is 0. The number of aromatic nitrogens is 1. The third-order valence-electron chi connectivity index (χ3n) is 0.979. The summed E-state index contributed by atoms with van der Waals surface area (Å²) in [7, 11) is 0. The number of nitrogen functional groups attached to an aromatic ring is 1. The van der Waals surface area contributed by atoms with Gasteiger partial charge in [-0.15, -0.1) is 25.6 Å². The molecule has 7 heteroatoms. The lowest BCUT2D eigenvalue weighted by molar-refractivity contribution is -0.276. The maximum atomic E-state index is 11.6. The fourth-order valence-electron chi connectivity index (χ4n) is 0.599. The van der Waals surface area contributed by atoms with Crippen LogP contribution >= 0.6 is 12.4 Å². The average Bonchev–Trinajstić information content (AvgIpc) is 1.82. The van der Waals surface area contributed by atoms with Crippen molar-refractivity contribution in [2.45, 2.75) is 6.36 Å². The first-order chi connectivity index (χ1) is 5.47. The van der Waals surface area contributed by atoms with Crippen molar-refractivity contribution in [3.05, 3.63) is 18.3 Å². The molecule has 1 aromatic heterocycles. The Hall–Kier alpha value is -1.17. The summed E-state index contributed by atoms with van der Waals surface area (Å²) in [5.41, 5.74) is 5.36. The van der Waals surface area contributed by atoms with Gasteiger partial charge in [0.05, 0.1) is 0 Å². The summed E-state index contributed by atoms with van der Waals surface area (Å²) < 4.78 is 38.2. The molecule has 0 saturated carbocycles. The Bertz CT molecular complexity index is 279. The molecule has 1 rings (SSSR count). The third-order valence-corrected chi connectivity index (χ3v) is 0.979. The summed E-state index contributed by atoms with van der Waals surface area (Å²) in [6.45, 7) is 0. The Morgan fingerprint density at radius 1 is 1.38 bits per heavy atom. The van der Waals surface area contributed by atoms with Crippen LogP contribution in [0.2, 0.25) is 0 Å². The molecule has 0 aliphatic carbocycles. The molecule has 0 aromatic carbocycles. The van der Waals surface area contributed by atoms with E-state index in [1.165, 1.54) is 6.07 Å². The van der Waals surface area contributed by atoms with Crippen LogP contribution in [0, 0.1) is 0 Å². The quantitative estimate of drug-likeness (QED) is 0.778. The van der Waals surface area contributed by atoms with Crippen molar-refractivity contribution in [3.8, 4) is 5.88 Å². The Morgan fingerprint density at radius 3 is 2.46 bits per heavy atom. The van der Waals surface area contributed by atoms with Crippen LogP contribution in [0.1, 0.15) is 0 Å². The Morgan fingerprint density at radius 2 is 2.00 bits per heavy atom. The Labute approximate surface area is 78.1 Å². The normalized spacial score (nSPS) is 10.4. The van der Waals surface area contributed by atoms with Gasteiger partial charge in [0.15, 0.2) is 0 Å². The highest BCUT2D eigenvalue weighted by Crippen LogP contribution is 2.21. The molecule has 0 saturated heterocycles. The van der Waals surface area contributed by atoms with Crippen LogP contribution in [0.4, 0.5) is 18.9 Å². The Balaban J connectivity index is 0.00000144. The SMILES string of the molecule is Cl.Nc1ccnc(OC(F)(F)F)c1. The number of pyridine rings is 1. The van der Waals surface area contributed by atoms with Crippen LogP contribution < -0.4 is 10.5 Å². The number of hydrogen-bond acceptors (Lipinski definition) is 3. The van der Waals surface area contributed by atoms with E-state index in [2.05, 4.69) is 9.72 Å². The lowest BCUT2D eigenvalue weighted by Crippen LogP contribution is -2.17. The van der Waals surface area contributed by atoms with Gasteiger partial charge in [-0.1, -0.05) is 0 Å². The summed E-state index contributed by atoms with van der Waals surface area (Å²) >= 11 is 0. The number of hydrogen-bond donors (Lipinski definition) is 1. The molecule has 0 unspecified atom stereocenters. The highest BCUT2D eigenvalue weighted by Gasteiger charge is 2.31. The van der Waals surface area contributed by atoms with Gasteiger partial charge in [0, 0.05) is 18.0 Å². The molecule has 1 aromatic rings. The third kappa shape index (κ3) is 4.41. The van der Waals surface area contributed by atoms with E-state index in [4.69, 9.17) is 5.73 Å². The zero-order valence-corrected chi connectivity index (χ0v) is 7.02. The fourth-order valence-corrected chi connectivity index (χ4v) is 0.599. The second kappa shape index (κ2) is 4.18. The smallest absolute Gasteiger partial charge is 0.399 e. The van der Waals surface area contributed by atoms with Crippen LogP contribution in [0.25, 0.3) is 0 Å². The summed E-state index contributed by atoms with van der Waals surface area (Å²) in [5, 5.41) is 0. The number of nitrogens with zero attached hydrogens (tertiary/aromatic N) is 1. The summed E-state index contributed by atoms with van der Waals surface area (Å²) in [6.07, 6.45) is -3.59. The van der Waals surface area contributed by atoms with Crippen LogP contribution in [-0.4, -0.2) is 11.3 Å². The summed E-state index contributed by atoms with van der Waals surface area (Å²) in [6, 6.07) is 2.36. The maximum Gasteiger partial charge on any atom is 0.574 e. The van der Waals surface area contributed by atoms with Crippen molar-refractivity contribution in [2.75, 3.05) is 5.73 Å². The second-order valence-corrected chi connectivity index (χ2v) is 1.98. The predicted octanol–water partition coefficient (Wildman–Crippen LogP) is 1.98.